The molecule has 1 N–H and O–H groups in total. The van der Waals surface area contributed by atoms with Gasteiger partial charge >= 0.3 is 0 Å². The van der Waals surface area contributed by atoms with Crippen LogP contribution in [0.4, 0.5) is 5.69 Å². The van der Waals surface area contributed by atoms with Crippen LogP contribution in [0.3, 0.4) is 0 Å². The molecule has 0 atom stereocenters. The van der Waals surface area contributed by atoms with Crippen LogP contribution in [-0.2, 0) is 19.9 Å². The average molecular weight is 356 g/mol. The summed E-state index contributed by atoms with van der Waals surface area (Å²) in [4.78, 5) is 0. The molecule has 0 amide bonds. The Balaban J connectivity index is 2.86. The molecule has 1 rings (SSSR count). The Labute approximate surface area is 116 Å². The van der Waals surface area contributed by atoms with E-state index in [9.17, 15) is 16.8 Å². The lowest BCUT2D eigenvalue weighted by Crippen LogP contribution is -2.22. The standard InChI is InChI=1S/C10H14BrNO4S2/c1-8-3-4-9(11)7-10(8)12-18(15,16)6-5-17(2,13)14/h3-4,7,12H,5-6H2,1-2H3. The Hall–Kier alpha value is -0.600. The molecule has 8 heteroatoms. The lowest BCUT2D eigenvalue weighted by molar-refractivity contribution is 0.593. The first-order chi connectivity index (χ1) is 8.09. The topological polar surface area (TPSA) is 80.3 Å². The maximum Gasteiger partial charge on any atom is 0.233 e. The minimum atomic E-state index is -3.66. The molecule has 102 valence electrons. The lowest BCUT2D eigenvalue weighted by Gasteiger charge is -2.10. The number of benzene rings is 1. The second kappa shape index (κ2) is 5.58. The summed E-state index contributed by atoms with van der Waals surface area (Å²) in [7, 11) is -6.95. The van der Waals surface area contributed by atoms with E-state index in [4.69, 9.17) is 0 Å². The molecule has 1 aromatic rings. The van der Waals surface area contributed by atoms with E-state index in [2.05, 4.69) is 20.7 Å². The zero-order valence-corrected chi connectivity index (χ0v) is 13.2. The van der Waals surface area contributed by atoms with Crippen LogP contribution in [0.15, 0.2) is 22.7 Å². The number of halogens is 1. The molecule has 0 bridgehead atoms. The van der Waals surface area contributed by atoms with E-state index in [-0.39, 0.29) is 0 Å². The molecular weight excluding hydrogens is 342 g/mol. The van der Waals surface area contributed by atoms with Gasteiger partial charge in [-0.3, -0.25) is 4.72 Å². The van der Waals surface area contributed by atoms with E-state index in [1.807, 2.05) is 0 Å². The largest absolute Gasteiger partial charge is 0.283 e. The number of hydrogen-bond acceptors (Lipinski definition) is 4. The van der Waals surface area contributed by atoms with Gasteiger partial charge < -0.3 is 0 Å². The molecule has 0 aliphatic rings. The van der Waals surface area contributed by atoms with Gasteiger partial charge in [-0.05, 0) is 24.6 Å². The highest BCUT2D eigenvalue weighted by Gasteiger charge is 2.15. The van der Waals surface area contributed by atoms with E-state index in [0.717, 1.165) is 16.3 Å². The monoisotopic (exact) mass is 355 g/mol. The molecule has 0 heterocycles. The van der Waals surface area contributed by atoms with Gasteiger partial charge in [0.15, 0.2) is 0 Å². The minimum absolute atomic E-state index is 0.393. The van der Waals surface area contributed by atoms with Crippen LogP contribution in [0.25, 0.3) is 0 Å². The van der Waals surface area contributed by atoms with Crippen molar-refractivity contribution in [3.8, 4) is 0 Å². The molecule has 0 aliphatic heterocycles. The van der Waals surface area contributed by atoms with Gasteiger partial charge in [-0.1, -0.05) is 22.0 Å². The first kappa shape index (κ1) is 15.5. The summed E-state index contributed by atoms with van der Waals surface area (Å²) in [6, 6.07) is 5.19. The minimum Gasteiger partial charge on any atom is -0.283 e. The smallest absolute Gasteiger partial charge is 0.233 e. The van der Waals surface area contributed by atoms with Gasteiger partial charge in [0.25, 0.3) is 0 Å². The summed E-state index contributed by atoms with van der Waals surface area (Å²) in [6.07, 6.45) is 1.01. The summed E-state index contributed by atoms with van der Waals surface area (Å²) in [5.74, 6) is -0.840. The number of nitrogens with one attached hydrogen (secondary N) is 1. The van der Waals surface area contributed by atoms with Crippen molar-refractivity contribution in [3.63, 3.8) is 0 Å². The van der Waals surface area contributed by atoms with Crippen molar-refractivity contribution in [1.29, 1.82) is 0 Å². The molecule has 0 aliphatic carbocycles. The highest BCUT2D eigenvalue weighted by molar-refractivity contribution is 9.10. The molecule has 0 radical (unpaired) electrons. The number of aryl methyl sites for hydroxylation is 1. The van der Waals surface area contributed by atoms with Crippen LogP contribution >= 0.6 is 15.9 Å². The Morgan fingerprint density at radius 2 is 1.78 bits per heavy atom. The Morgan fingerprint density at radius 1 is 1.17 bits per heavy atom. The molecular formula is C10H14BrNO4S2. The van der Waals surface area contributed by atoms with Crippen LogP contribution in [0, 0.1) is 6.92 Å². The van der Waals surface area contributed by atoms with Gasteiger partial charge in [0.05, 0.1) is 17.2 Å². The van der Waals surface area contributed by atoms with Crippen LogP contribution in [0.1, 0.15) is 5.56 Å². The van der Waals surface area contributed by atoms with Gasteiger partial charge in [-0.15, -0.1) is 0 Å². The number of sulfone groups is 1. The van der Waals surface area contributed by atoms with E-state index < -0.39 is 31.4 Å². The number of anilines is 1. The van der Waals surface area contributed by atoms with E-state index in [1.165, 1.54) is 0 Å². The molecule has 0 aromatic heterocycles. The van der Waals surface area contributed by atoms with Crippen molar-refractivity contribution in [2.24, 2.45) is 0 Å². The van der Waals surface area contributed by atoms with Crippen molar-refractivity contribution < 1.29 is 16.8 Å². The van der Waals surface area contributed by atoms with Gasteiger partial charge in [0, 0.05) is 10.7 Å². The predicted molar refractivity (Wildman–Crippen MR) is 76.0 cm³/mol. The summed E-state index contributed by atoms with van der Waals surface area (Å²) in [5, 5.41) is 0. The van der Waals surface area contributed by atoms with Gasteiger partial charge in [0.1, 0.15) is 9.84 Å². The SMILES string of the molecule is Cc1ccc(Br)cc1NS(=O)(=O)CCS(C)(=O)=O. The van der Waals surface area contributed by atoms with E-state index in [0.29, 0.717) is 5.69 Å². The fourth-order valence-corrected chi connectivity index (χ4v) is 4.29. The zero-order valence-electron chi connectivity index (χ0n) is 9.97. The van der Waals surface area contributed by atoms with Crippen molar-refractivity contribution in [1.82, 2.24) is 0 Å². The zero-order chi connectivity index (χ0) is 14.0. The summed E-state index contributed by atoms with van der Waals surface area (Å²) >= 11 is 3.24. The number of hydrogen-bond donors (Lipinski definition) is 1. The third kappa shape index (κ3) is 5.36. The third-order valence-electron chi connectivity index (χ3n) is 2.19. The molecule has 0 fully saturated rings. The lowest BCUT2D eigenvalue weighted by atomic mass is 10.2. The molecule has 0 saturated heterocycles. The highest BCUT2D eigenvalue weighted by Crippen LogP contribution is 2.21. The highest BCUT2D eigenvalue weighted by atomic mass is 79.9. The summed E-state index contributed by atoms with van der Waals surface area (Å²) < 4.78 is 48.5. The maximum atomic E-state index is 11.7. The third-order valence-corrected chi connectivity index (χ3v) is 5.16. The normalized spacial score (nSPS) is 12.4. The second-order valence-corrected chi connectivity index (χ2v) is 9.03. The van der Waals surface area contributed by atoms with Gasteiger partial charge in [0.2, 0.25) is 10.0 Å². The first-order valence-electron chi connectivity index (χ1n) is 5.03. The van der Waals surface area contributed by atoms with Crippen molar-refractivity contribution >= 4 is 41.5 Å². The first-order valence-corrected chi connectivity index (χ1v) is 9.54. The van der Waals surface area contributed by atoms with Crippen LogP contribution in [-0.4, -0.2) is 34.6 Å². The molecule has 1 aromatic carbocycles. The Bertz CT molecular complexity index is 638. The summed E-state index contributed by atoms with van der Waals surface area (Å²) in [6.45, 7) is 1.76. The van der Waals surface area contributed by atoms with E-state index in [1.54, 1.807) is 25.1 Å². The Kier molecular flexibility index (Phi) is 4.79. The fourth-order valence-electron chi connectivity index (χ4n) is 1.18. The molecule has 0 spiro atoms. The Morgan fingerprint density at radius 3 is 2.33 bits per heavy atom. The summed E-state index contributed by atoms with van der Waals surface area (Å²) in [5.41, 5.74) is 1.21. The van der Waals surface area contributed by atoms with Gasteiger partial charge in [-0.2, -0.15) is 0 Å². The molecule has 0 unspecified atom stereocenters. The molecule has 18 heavy (non-hydrogen) atoms. The van der Waals surface area contributed by atoms with Gasteiger partial charge in [-0.25, -0.2) is 16.8 Å². The second-order valence-electron chi connectivity index (χ2n) is 4.01. The number of rotatable bonds is 5. The molecule has 5 nitrogen and oxygen atoms in total. The van der Waals surface area contributed by atoms with Crippen LogP contribution in [0.5, 0.6) is 0 Å². The predicted octanol–water partition coefficient (Wildman–Crippen LogP) is 1.54. The molecule has 0 saturated carbocycles. The maximum absolute atomic E-state index is 11.7. The van der Waals surface area contributed by atoms with Crippen molar-refractivity contribution in [3.05, 3.63) is 28.2 Å². The van der Waals surface area contributed by atoms with Crippen LogP contribution in [0.2, 0.25) is 0 Å². The van der Waals surface area contributed by atoms with Crippen molar-refractivity contribution in [2.75, 3.05) is 22.5 Å². The quantitative estimate of drug-likeness (QED) is 0.868. The van der Waals surface area contributed by atoms with Crippen LogP contribution < -0.4 is 4.72 Å². The fraction of sp³-hybridized carbons (Fsp3) is 0.400. The number of sulfonamides is 1. The van der Waals surface area contributed by atoms with E-state index >= 15 is 0 Å². The van der Waals surface area contributed by atoms with Crippen molar-refractivity contribution in [2.45, 2.75) is 6.92 Å². The average Bonchev–Trinajstić information content (AvgIpc) is 2.20.